The van der Waals surface area contributed by atoms with Crippen LogP contribution in [0.5, 0.6) is 0 Å². The van der Waals surface area contributed by atoms with Crippen LogP contribution in [-0.2, 0) is 21.3 Å². The van der Waals surface area contributed by atoms with Crippen molar-refractivity contribution in [1.82, 2.24) is 14.9 Å². The number of sulfonamides is 1. The molecule has 0 saturated carbocycles. The molecule has 2 aliphatic heterocycles. The van der Waals surface area contributed by atoms with Crippen LogP contribution in [0.3, 0.4) is 0 Å². The number of likely N-dealkylation sites (tertiary alicyclic amines) is 1. The van der Waals surface area contributed by atoms with E-state index in [1.165, 1.54) is 7.05 Å². The maximum absolute atomic E-state index is 11.8. The summed E-state index contributed by atoms with van der Waals surface area (Å²) in [6.45, 7) is 7.10. The van der Waals surface area contributed by atoms with Gasteiger partial charge in [0.2, 0.25) is 10.0 Å². The Bertz CT molecular complexity index is 746. The lowest BCUT2D eigenvalue weighted by molar-refractivity contribution is 0.156. The molecule has 1 spiro atoms. The van der Waals surface area contributed by atoms with Crippen molar-refractivity contribution in [1.29, 1.82) is 0 Å². The first-order valence-electron chi connectivity index (χ1n) is 9.11. The van der Waals surface area contributed by atoms with Gasteiger partial charge in [-0.3, -0.25) is 0 Å². The Morgan fingerprint density at radius 3 is 2.63 bits per heavy atom. The van der Waals surface area contributed by atoms with Crippen molar-refractivity contribution in [3.8, 4) is 0 Å². The van der Waals surface area contributed by atoms with E-state index in [1.54, 1.807) is 12.1 Å². The van der Waals surface area contributed by atoms with Gasteiger partial charge in [0, 0.05) is 31.7 Å². The van der Waals surface area contributed by atoms with Gasteiger partial charge in [-0.2, -0.15) is 0 Å². The number of nitrogens with one attached hydrogen (secondary N) is 2. The number of hydrogen-bond donors (Lipinski definition) is 2. The van der Waals surface area contributed by atoms with Crippen molar-refractivity contribution < 1.29 is 13.2 Å². The second kappa shape index (κ2) is 9.53. The highest BCUT2D eigenvalue weighted by molar-refractivity contribution is 14.0. The van der Waals surface area contributed by atoms with Crippen molar-refractivity contribution in [2.45, 2.75) is 31.2 Å². The molecular formula is C18H29IN4O3S. The predicted octanol–water partition coefficient (Wildman–Crippen LogP) is 1.79. The van der Waals surface area contributed by atoms with Crippen molar-refractivity contribution in [3.05, 3.63) is 29.8 Å². The standard InChI is InChI=1S/C18H28N4O3S.HI/c1-3-20-17(22-10-8-18(13-22)9-11-25-14-18)21-12-15-4-6-16(7-5-15)26(23,24)19-2;/h4-7,19H,3,8-14H2,1-2H3,(H,20,21);1H. The van der Waals surface area contributed by atoms with E-state index in [2.05, 4.69) is 21.9 Å². The highest BCUT2D eigenvalue weighted by Gasteiger charge is 2.42. The van der Waals surface area contributed by atoms with E-state index in [-0.39, 0.29) is 28.9 Å². The lowest BCUT2D eigenvalue weighted by Gasteiger charge is -2.25. The van der Waals surface area contributed by atoms with Gasteiger partial charge in [0.25, 0.3) is 0 Å². The fourth-order valence-corrected chi connectivity index (χ4v) is 4.30. The maximum atomic E-state index is 11.8. The Kier molecular flexibility index (Phi) is 7.90. The molecule has 2 fully saturated rings. The number of nitrogens with zero attached hydrogens (tertiary/aromatic N) is 2. The zero-order valence-electron chi connectivity index (χ0n) is 15.9. The van der Waals surface area contributed by atoms with E-state index in [9.17, 15) is 8.42 Å². The van der Waals surface area contributed by atoms with Gasteiger partial charge in [-0.1, -0.05) is 12.1 Å². The van der Waals surface area contributed by atoms with Crippen LogP contribution in [0, 0.1) is 5.41 Å². The van der Waals surface area contributed by atoms with Gasteiger partial charge < -0.3 is 15.0 Å². The van der Waals surface area contributed by atoms with E-state index in [4.69, 9.17) is 9.73 Å². The van der Waals surface area contributed by atoms with Crippen molar-refractivity contribution in [2.75, 3.05) is 39.9 Å². The number of halogens is 1. The maximum Gasteiger partial charge on any atom is 0.240 e. The van der Waals surface area contributed by atoms with E-state index in [0.29, 0.717) is 12.0 Å². The van der Waals surface area contributed by atoms with Gasteiger partial charge in [-0.05, 0) is 44.5 Å². The first kappa shape index (κ1) is 22.4. The van der Waals surface area contributed by atoms with Gasteiger partial charge in [-0.25, -0.2) is 18.1 Å². The molecule has 27 heavy (non-hydrogen) atoms. The van der Waals surface area contributed by atoms with Gasteiger partial charge in [0.05, 0.1) is 18.0 Å². The summed E-state index contributed by atoms with van der Waals surface area (Å²) in [7, 11) is -1.99. The fourth-order valence-electron chi connectivity index (χ4n) is 3.57. The molecule has 2 aliphatic rings. The highest BCUT2D eigenvalue weighted by Crippen LogP contribution is 2.38. The van der Waals surface area contributed by atoms with Crippen LogP contribution in [0.15, 0.2) is 34.2 Å². The molecule has 0 aliphatic carbocycles. The minimum atomic E-state index is -3.40. The highest BCUT2D eigenvalue weighted by atomic mass is 127. The SMILES string of the molecule is CCNC(=NCc1ccc(S(=O)(=O)NC)cc1)N1CCC2(CCOC2)C1.I. The summed E-state index contributed by atoms with van der Waals surface area (Å²) < 4.78 is 31.5. The average molecular weight is 508 g/mol. The quantitative estimate of drug-likeness (QED) is 0.360. The predicted molar refractivity (Wildman–Crippen MR) is 117 cm³/mol. The van der Waals surface area contributed by atoms with Crippen LogP contribution in [0.25, 0.3) is 0 Å². The molecule has 2 saturated heterocycles. The lowest BCUT2D eigenvalue weighted by atomic mass is 9.87. The summed E-state index contributed by atoms with van der Waals surface area (Å²) in [6, 6.07) is 6.86. The third-order valence-electron chi connectivity index (χ3n) is 5.17. The van der Waals surface area contributed by atoms with Crippen molar-refractivity contribution in [3.63, 3.8) is 0 Å². The van der Waals surface area contributed by atoms with Crippen LogP contribution in [0.4, 0.5) is 0 Å². The van der Waals surface area contributed by atoms with Crippen LogP contribution >= 0.6 is 24.0 Å². The first-order valence-corrected chi connectivity index (χ1v) is 10.6. The number of benzene rings is 1. The molecule has 7 nitrogen and oxygen atoms in total. The molecule has 0 aromatic heterocycles. The normalized spacial score (nSPS) is 22.9. The minimum absolute atomic E-state index is 0. The third-order valence-corrected chi connectivity index (χ3v) is 6.60. The zero-order chi connectivity index (χ0) is 18.6. The zero-order valence-corrected chi connectivity index (χ0v) is 19.0. The molecule has 3 rings (SSSR count). The Morgan fingerprint density at radius 2 is 2.04 bits per heavy atom. The molecule has 2 heterocycles. The molecule has 1 atom stereocenters. The van der Waals surface area contributed by atoms with Crippen LogP contribution < -0.4 is 10.0 Å². The molecule has 1 aromatic rings. The number of guanidine groups is 1. The molecule has 0 radical (unpaired) electrons. The van der Waals surface area contributed by atoms with E-state index >= 15 is 0 Å². The molecule has 0 amide bonds. The second-order valence-electron chi connectivity index (χ2n) is 7.00. The molecule has 152 valence electrons. The molecule has 1 unspecified atom stereocenters. The second-order valence-corrected chi connectivity index (χ2v) is 8.88. The summed E-state index contributed by atoms with van der Waals surface area (Å²) >= 11 is 0. The van der Waals surface area contributed by atoms with Crippen LogP contribution in [0.2, 0.25) is 0 Å². The minimum Gasteiger partial charge on any atom is -0.381 e. The van der Waals surface area contributed by atoms with E-state index in [1.807, 2.05) is 12.1 Å². The largest absolute Gasteiger partial charge is 0.381 e. The average Bonchev–Trinajstić information content (AvgIpc) is 3.29. The number of hydrogen-bond acceptors (Lipinski definition) is 4. The van der Waals surface area contributed by atoms with E-state index in [0.717, 1.165) is 57.2 Å². The number of ether oxygens (including phenoxy) is 1. The number of aliphatic imine (C=N–C) groups is 1. The van der Waals surface area contributed by atoms with Crippen molar-refractivity contribution in [2.24, 2.45) is 10.4 Å². The van der Waals surface area contributed by atoms with Crippen LogP contribution in [-0.4, -0.2) is 59.2 Å². The Morgan fingerprint density at radius 1 is 1.30 bits per heavy atom. The molecule has 0 bridgehead atoms. The van der Waals surface area contributed by atoms with E-state index < -0.39 is 10.0 Å². The topological polar surface area (TPSA) is 83.0 Å². The van der Waals surface area contributed by atoms with Crippen molar-refractivity contribution >= 4 is 40.0 Å². The third kappa shape index (κ3) is 5.33. The summed E-state index contributed by atoms with van der Waals surface area (Å²) in [4.78, 5) is 7.34. The Balaban J connectivity index is 0.00000261. The molecule has 9 heteroatoms. The Hall–Kier alpha value is -0.910. The van der Waals surface area contributed by atoms with Gasteiger partial charge >= 0.3 is 0 Å². The fraction of sp³-hybridized carbons (Fsp3) is 0.611. The first-order chi connectivity index (χ1) is 12.5. The summed E-state index contributed by atoms with van der Waals surface area (Å²) in [5.74, 6) is 0.920. The summed E-state index contributed by atoms with van der Waals surface area (Å²) in [6.07, 6.45) is 2.28. The Labute approximate surface area is 179 Å². The summed E-state index contributed by atoms with van der Waals surface area (Å²) in [5, 5.41) is 3.38. The smallest absolute Gasteiger partial charge is 0.240 e. The number of rotatable bonds is 5. The van der Waals surface area contributed by atoms with Gasteiger partial charge in [-0.15, -0.1) is 24.0 Å². The monoisotopic (exact) mass is 508 g/mol. The lowest BCUT2D eigenvalue weighted by Crippen LogP contribution is -2.41. The molecular weight excluding hydrogens is 479 g/mol. The summed E-state index contributed by atoms with van der Waals surface area (Å²) in [5.41, 5.74) is 1.27. The van der Waals surface area contributed by atoms with Gasteiger partial charge in [0.1, 0.15) is 0 Å². The van der Waals surface area contributed by atoms with Gasteiger partial charge in [0.15, 0.2) is 5.96 Å². The molecule has 2 N–H and O–H groups in total. The molecule has 1 aromatic carbocycles. The van der Waals surface area contributed by atoms with Crippen LogP contribution in [0.1, 0.15) is 25.3 Å².